The molecule has 2 aliphatic rings. The molecule has 0 radical (unpaired) electrons. The first kappa shape index (κ1) is 18.0. The lowest BCUT2D eigenvalue weighted by Crippen LogP contribution is -2.15. The largest absolute Gasteiger partial charge is 0.465 e. The number of imidazole rings is 1. The van der Waals surface area contributed by atoms with Gasteiger partial charge in [-0.15, -0.1) is 0 Å². The van der Waals surface area contributed by atoms with E-state index in [1.54, 1.807) is 17.0 Å². The summed E-state index contributed by atoms with van der Waals surface area (Å²) in [5, 5.41) is 6.35. The number of H-pyrrole nitrogens is 1. The standard InChI is InChI=1S/C20H21N5O3/c1-12(2)8-25-16-7-5-4-6-15(16)21-17(25)11-24-9-13-18(22-23-19(13)26)14(10-24)20(27)28-3/h4-7,9-10,12H,8,11H2,1-3H3,(H,23,26). The molecule has 0 bridgehead atoms. The van der Waals surface area contributed by atoms with Gasteiger partial charge in [0, 0.05) is 18.9 Å². The smallest absolute Gasteiger partial charge is 0.341 e. The van der Waals surface area contributed by atoms with E-state index in [1.165, 1.54) is 7.11 Å². The first-order valence-electron chi connectivity index (χ1n) is 9.08. The van der Waals surface area contributed by atoms with Crippen LogP contribution in [0, 0.1) is 5.92 Å². The van der Waals surface area contributed by atoms with Crippen LogP contribution in [0.5, 0.6) is 0 Å². The molecule has 8 heteroatoms. The van der Waals surface area contributed by atoms with Gasteiger partial charge in [-0.2, -0.15) is 5.10 Å². The van der Waals surface area contributed by atoms with Gasteiger partial charge < -0.3 is 13.9 Å². The van der Waals surface area contributed by atoms with Crippen LogP contribution in [0.15, 0.2) is 41.5 Å². The summed E-state index contributed by atoms with van der Waals surface area (Å²) in [5.41, 5.74) is 2.53. The van der Waals surface area contributed by atoms with Crippen LogP contribution >= 0.6 is 0 Å². The van der Waals surface area contributed by atoms with Crippen LogP contribution in [0.3, 0.4) is 0 Å². The van der Waals surface area contributed by atoms with Crippen LogP contribution in [0.2, 0.25) is 0 Å². The molecule has 2 aliphatic heterocycles. The lowest BCUT2D eigenvalue weighted by molar-refractivity contribution is 0.0600. The van der Waals surface area contributed by atoms with Crippen molar-refractivity contribution in [1.82, 2.24) is 24.3 Å². The molecule has 0 saturated heterocycles. The topological polar surface area (TPSA) is 94.8 Å². The van der Waals surface area contributed by atoms with E-state index in [0.717, 1.165) is 23.4 Å². The first-order chi connectivity index (χ1) is 13.5. The molecule has 1 N–H and O–H groups in total. The SMILES string of the molecule is COC(=O)c1cn(Cc2nc3ccccc3n2CC(C)C)cc2c(=O)[nH]nc1-2. The molecule has 0 fully saturated rings. The Hall–Kier alpha value is -3.42. The summed E-state index contributed by atoms with van der Waals surface area (Å²) in [6, 6.07) is 7.99. The fraction of sp³-hybridized carbons (Fsp3) is 0.300. The van der Waals surface area contributed by atoms with Crippen LogP contribution in [-0.2, 0) is 17.8 Å². The zero-order valence-corrected chi connectivity index (χ0v) is 16.0. The van der Waals surface area contributed by atoms with Gasteiger partial charge in [-0.3, -0.25) is 4.79 Å². The van der Waals surface area contributed by atoms with E-state index in [4.69, 9.17) is 9.72 Å². The van der Waals surface area contributed by atoms with Crippen molar-refractivity contribution in [2.45, 2.75) is 26.9 Å². The third-order valence-electron chi connectivity index (χ3n) is 4.62. The van der Waals surface area contributed by atoms with E-state index in [1.807, 2.05) is 24.3 Å². The third-order valence-corrected chi connectivity index (χ3v) is 4.62. The number of aromatic amines is 1. The molecule has 0 unspecified atom stereocenters. The van der Waals surface area contributed by atoms with Crippen LogP contribution in [0.1, 0.15) is 30.0 Å². The molecule has 0 atom stereocenters. The summed E-state index contributed by atoms with van der Waals surface area (Å²) in [6.07, 6.45) is 3.33. The van der Waals surface area contributed by atoms with Crippen molar-refractivity contribution in [3.63, 3.8) is 0 Å². The number of nitrogens with one attached hydrogen (secondary N) is 1. The zero-order valence-electron chi connectivity index (χ0n) is 16.0. The van der Waals surface area contributed by atoms with Gasteiger partial charge in [-0.25, -0.2) is 14.9 Å². The number of carbonyl (C=O) groups is 1. The van der Waals surface area contributed by atoms with Crippen LogP contribution in [-0.4, -0.2) is 37.4 Å². The number of carbonyl (C=O) groups excluding carboxylic acids is 1. The fourth-order valence-corrected chi connectivity index (χ4v) is 3.42. The highest BCUT2D eigenvalue weighted by molar-refractivity contribution is 5.95. The monoisotopic (exact) mass is 379 g/mol. The highest BCUT2D eigenvalue weighted by Gasteiger charge is 2.22. The summed E-state index contributed by atoms with van der Waals surface area (Å²) in [6.45, 7) is 5.54. The molecule has 1 aromatic carbocycles. The van der Waals surface area contributed by atoms with E-state index in [-0.39, 0.29) is 11.1 Å². The van der Waals surface area contributed by atoms with Crippen LogP contribution in [0.4, 0.5) is 0 Å². The Morgan fingerprint density at radius 3 is 2.79 bits per heavy atom. The number of pyridine rings is 1. The average Bonchev–Trinajstić information content (AvgIpc) is 3.21. The van der Waals surface area contributed by atoms with E-state index in [0.29, 0.717) is 23.7 Å². The fourth-order valence-electron chi connectivity index (χ4n) is 3.42. The molecule has 0 saturated carbocycles. The minimum absolute atomic E-state index is 0.241. The van der Waals surface area contributed by atoms with Crippen molar-refractivity contribution in [1.29, 1.82) is 0 Å². The van der Waals surface area contributed by atoms with Crippen LogP contribution in [0.25, 0.3) is 22.3 Å². The van der Waals surface area contributed by atoms with Gasteiger partial charge in [0.15, 0.2) is 0 Å². The minimum Gasteiger partial charge on any atom is -0.465 e. The number of esters is 1. The Morgan fingerprint density at radius 1 is 1.25 bits per heavy atom. The van der Waals surface area contributed by atoms with E-state index >= 15 is 0 Å². The predicted molar refractivity (Wildman–Crippen MR) is 104 cm³/mol. The number of aromatic nitrogens is 5. The lowest BCUT2D eigenvalue weighted by Gasteiger charge is -2.15. The number of para-hydroxylation sites is 2. The normalized spacial score (nSPS) is 11.6. The third kappa shape index (κ3) is 3.06. The molecule has 0 aliphatic carbocycles. The summed E-state index contributed by atoms with van der Waals surface area (Å²) in [4.78, 5) is 29.0. The molecule has 0 spiro atoms. The van der Waals surface area contributed by atoms with Gasteiger partial charge in [0.25, 0.3) is 5.56 Å². The Balaban J connectivity index is 1.84. The number of fused-ring (bicyclic) bond motifs is 2. The highest BCUT2D eigenvalue weighted by atomic mass is 16.5. The van der Waals surface area contributed by atoms with Gasteiger partial charge in [0.05, 0.1) is 30.3 Å². The summed E-state index contributed by atoms with van der Waals surface area (Å²) in [7, 11) is 1.30. The Bertz CT molecular complexity index is 1180. The number of hydrogen-bond donors (Lipinski definition) is 1. The molecule has 4 rings (SSSR count). The van der Waals surface area contributed by atoms with E-state index in [9.17, 15) is 9.59 Å². The van der Waals surface area contributed by atoms with Crippen molar-refractivity contribution < 1.29 is 9.53 Å². The summed E-state index contributed by atoms with van der Waals surface area (Å²) in [5.74, 6) is 0.754. The highest BCUT2D eigenvalue weighted by Crippen LogP contribution is 2.23. The Morgan fingerprint density at radius 2 is 2.04 bits per heavy atom. The maximum atomic E-state index is 12.2. The van der Waals surface area contributed by atoms with Gasteiger partial charge in [0.1, 0.15) is 17.1 Å². The molecule has 144 valence electrons. The second-order valence-electron chi connectivity index (χ2n) is 7.17. The molecule has 3 heterocycles. The molecular weight excluding hydrogens is 358 g/mol. The van der Waals surface area contributed by atoms with Crippen molar-refractivity contribution >= 4 is 17.0 Å². The second kappa shape index (κ2) is 6.95. The van der Waals surface area contributed by atoms with E-state index in [2.05, 4.69) is 28.6 Å². The predicted octanol–water partition coefficient (Wildman–Crippen LogP) is 2.52. The average molecular weight is 379 g/mol. The van der Waals surface area contributed by atoms with E-state index < -0.39 is 5.97 Å². The Kier molecular flexibility index (Phi) is 4.46. The molecule has 2 aromatic rings. The van der Waals surface area contributed by atoms with Crippen molar-refractivity contribution in [2.24, 2.45) is 5.92 Å². The van der Waals surface area contributed by atoms with Crippen molar-refractivity contribution in [3.8, 4) is 11.3 Å². The number of rotatable bonds is 5. The maximum Gasteiger partial charge on any atom is 0.341 e. The minimum atomic E-state index is -0.540. The van der Waals surface area contributed by atoms with Gasteiger partial charge in [-0.05, 0) is 18.1 Å². The van der Waals surface area contributed by atoms with Gasteiger partial charge in [-0.1, -0.05) is 26.0 Å². The molecule has 8 nitrogen and oxygen atoms in total. The molecule has 1 aromatic heterocycles. The van der Waals surface area contributed by atoms with Crippen LogP contribution < -0.4 is 5.56 Å². The first-order valence-corrected chi connectivity index (χ1v) is 9.08. The Labute approximate surface area is 161 Å². The molecule has 0 amide bonds. The number of nitrogens with zero attached hydrogens (tertiary/aromatic N) is 4. The number of ether oxygens (including phenoxy) is 1. The quantitative estimate of drug-likeness (QED) is 0.538. The van der Waals surface area contributed by atoms with Crippen molar-refractivity contribution in [2.75, 3.05) is 7.11 Å². The number of hydrogen-bond acceptors (Lipinski definition) is 5. The second-order valence-corrected chi connectivity index (χ2v) is 7.17. The zero-order chi connectivity index (χ0) is 19.8. The number of methoxy groups -OCH3 is 1. The summed E-state index contributed by atoms with van der Waals surface area (Å²) < 4.78 is 8.82. The van der Waals surface area contributed by atoms with Gasteiger partial charge in [0.2, 0.25) is 0 Å². The molecule has 28 heavy (non-hydrogen) atoms. The number of benzene rings is 1. The van der Waals surface area contributed by atoms with Crippen molar-refractivity contribution in [3.05, 3.63) is 58.4 Å². The molecular formula is C20H21N5O3. The summed E-state index contributed by atoms with van der Waals surface area (Å²) >= 11 is 0. The lowest BCUT2D eigenvalue weighted by atomic mass is 10.1. The van der Waals surface area contributed by atoms with Gasteiger partial charge >= 0.3 is 5.97 Å². The maximum absolute atomic E-state index is 12.2.